The van der Waals surface area contributed by atoms with E-state index >= 15 is 0 Å². The van der Waals surface area contributed by atoms with E-state index in [1.165, 1.54) is 5.56 Å². The van der Waals surface area contributed by atoms with Gasteiger partial charge in [0, 0.05) is 17.6 Å². The van der Waals surface area contributed by atoms with Crippen LogP contribution in [0.5, 0.6) is 5.75 Å². The quantitative estimate of drug-likeness (QED) is 0.642. The Labute approximate surface area is 159 Å². The number of hydrogen-bond acceptors (Lipinski definition) is 4. The summed E-state index contributed by atoms with van der Waals surface area (Å²) in [4.78, 5) is 16.8. The molecule has 3 rings (SSSR count). The summed E-state index contributed by atoms with van der Waals surface area (Å²) in [5, 5.41) is 6.21. The molecule has 0 radical (unpaired) electrons. The van der Waals surface area contributed by atoms with Crippen molar-refractivity contribution in [3.8, 4) is 5.75 Å². The van der Waals surface area contributed by atoms with Crippen molar-refractivity contribution in [2.24, 2.45) is 0 Å². The first-order valence-corrected chi connectivity index (χ1v) is 8.90. The zero-order valence-corrected chi connectivity index (χ0v) is 15.7. The van der Waals surface area contributed by atoms with Crippen LogP contribution >= 0.6 is 0 Å². The van der Waals surface area contributed by atoms with Gasteiger partial charge in [0.25, 0.3) is 5.91 Å². The van der Waals surface area contributed by atoms with Crippen LogP contribution in [0.4, 0.5) is 17.1 Å². The Morgan fingerprint density at radius 2 is 1.85 bits per heavy atom. The van der Waals surface area contributed by atoms with Gasteiger partial charge < -0.3 is 15.4 Å². The van der Waals surface area contributed by atoms with Gasteiger partial charge in [-0.25, -0.2) is 0 Å². The minimum atomic E-state index is -0.286. The Hall–Kier alpha value is -3.34. The topological polar surface area (TPSA) is 63.2 Å². The van der Waals surface area contributed by atoms with E-state index in [0.29, 0.717) is 23.7 Å². The molecule has 0 aliphatic carbocycles. The Kier molecular flexibility index (Phi) is 5.71. The van der Waals surface area contributed by atoms with Crippen LogP contribution in [-0.4, -0.2) is 17.5 Å². The molecule has 0 aliphatic rings. The lowest BCUT2D eigenvalue weighted by Crippen LogP contribution is -2.14. The normalized spacial score (nSPS) is 10.3. The molecular formula is C22H23N3O2. The maximum atomic E-state index is 12.6. The number of rotatable bonds is 6. The fourth-order valence-electron chi connectivity index (χ4n) is 2.78. The molecule has 0 saturated heterocycles. The number of aryl methyl sites for hydroxylation is 2. The highest BCUT2D eigenvalue weighted by atomic mass is 16.5. The lowest BCUT2D eigenvalue weighted by molar-refractivity contribution is 0.102. The largest absolute Gasteiger partial charge is 0.492 e. The van der Waals surface area contributed by atoms with Gasteiger partial charge in [0.2, 0.25) is 0 Å². The zero-order valence-electron chi connectivity index (χ0n) is 15.7. The molecule has 5 nitrogen and oxygen atoms in total. The first kappa shape index (κ1) is 18.5. The van der Waals surface area contributed by atoms with Gasteiger partial charge in [-0.1, -0.05) is 29.8 Å². The summed E-state index contributed by atoms with van der Waals surface area (Å²) < 4.78 is 5.55. The zero-order chi connectivity index (χ0) is 19.2. The Morgan fingerprint density at radius 1 is 1.04 bits per heavy atom. The Morgan fingerprint density at radius 3 is 2.63 bits per heavy atom. The van der Waals surface area contributed by atoms with Crippen molar-refractivity contribution in [1.82, 2.24) is 4.98 Å². The number of para-hydroxylation sites is 2. The lowest BCUT2D eigenvalue weighted by Gasteiger charge is -2.13. The highest BCUT2D eigenvalue weighted by Gasteiger charge is 2.12. The molecule has 2 aromatic carbocycles. The number of carbonyl (C=O) groups is 1. The van der Waals surface area contributed by atoms with E-state index in [-0.39, 0.29) is 5.91 Å². The molecule has 1 amide bonds. The van der Waals surface area contributed by atoms with Crippen LogP contribution < -0.4 is 15.4 Å². The third kappa shape index (κ3) is 4.64. The fraction of sp³-hybridized carbons (Fsp3) is 0.182. The van der Waals surface area contributed by atoms with E-state index in [1.807, 2.05) is 37.3 Å². The molecule has 0 spiro atoms. The summed E-state index contributed by atoms with van der Waals surface area (Å²) in [5.74, 6) is 0.351. The number of anilines is 3. The number of amides is 1. The van der Waals surface area contributed by atoms with Crippen LogP contribution in [0.3, 0.4) is 0 Å². The minimum Gasteiger partial charge on any atom is -0.492 e. The summed E-state index contributed by atoms with van der Waals surface area (Å²) in [6, 6.07) is 17.1. The van der Waals surface area contributed by atoms with Gasteiger partial charge in [-0.3, -0.25) is 9.78 Å². The molecule has 0 atom stereocenters. The number of carbonyl (C=O) groups excluding carboxylic acids is 1. The second-order valence-corrected chi connectivity index (χ2v) is 6.26. The van der Waals surface area contributed by atoms with Crippen LogP contribution in [0.2, 0.25) is 0 Å². The molecule has 3 aromatic rings. The Balaban J connectivity index is 1.78. The highest BCUT2D eigenvalue weighted by Crippen LogP contribution is 2.25. The van der Waals surface area contributed by atoms with Crippen LogP contribution in [0.25, 0.3) is 0 Å². The van der Waals surface area contributed by atoms with E-state index in [0.717, 1.165) is 16.9 Å². The van der Waals surface area contributed by atoms with Gasteiger partial charge in [0.1, 0.15) is 11.4 Å². The van der Waals surface area contributed by atoms with Gasteiger partial charge in [-0.15, -0.1) is 0 Å². The summed E-state index contributed by atoms with van der Waals surface area (Å²) >= 11 is 0. The van der Waals surface area contributed by atoms with Crippen molar-refractivity contribution in [2.75, 3.05) is 17.2 Å². The molecule has 0 unspecified atom stereocenters. The maximum absolute atomic E-state index is 12.6. The number of pyridine rings is 1. The number of nitrogens with zero attached hydrogens (tertiary/aromatic N) is 1. The maximum Gasteiger partial charge on any atom is 0.274 e. The molecule has 0 aliphatic heterocycles. The van der Waals surface area contributed by atoms with E-state index in [9.17, 15) is 4.79 Å². The summed E-state index contributed by atoms with van der Waals surface area (Å²) in [7, 11) is 0. The molecule has 0 bridgehead atoms. The van der Waals surface area contributed by atoms with Crippen molar-refractivity contribution in [3.05, 3.63) is 77.6 Å². The first-order chi connectivity index (χ1) is 13.1. The summed E-state index contributed by atoms with van der Waals surface area (Å²) in [5.41, 5.74) is 5.11. The molecule has 138 valence electrons. The number of ether oxygens (including phenoxy) is 1. The first-order valence-electron chi connectivity index (χ1n) is 8.90. The average molecular weight is 361 g/mol. The second-order valence-electron chi connectivity index (χ2n) is 6.26. The Bertz CT molecular complexity index is 954. The molecule has 0 fully saturated rings. The van der Waals surface area contributed by atoms with Gasteiger partial charge in [0.15, 0.2) is 0 Å². The predicted molar refractivity (Wildman–Crippen MR) is 109 cm³/mol. The molecule has 2 N–H and O–H groups in total. The van der Waals surface area contributed by atoms with Crippen LogP contribution in [0, 0.1) is 13.8 Å². The van der Waals surface area contributed by atoms with Crippen LogP contribution in [0.15, 0.2) is 60.8 Å². The molecule has 27 heavy (non-hydrogen) atoms. The number of aromatic nitrogens is 1. The van der Waals surface area contributed by atoms with E-state index in [2.05, 4.69) is 41.6 Å². The molecular weight excluding hydrogens is 338 g/mol. The van der Waals surface area contributed by atoms with E-state index in [1.54, 1.807) is 18.3 Å². The molecule has 1 heterocycles. The third-order valence-electron chi connectivity index (χ3n) is 4.09. The highest BCUT2D eigenvalue weighted by molar-refractivity contribution is 6.04. The second kappa shape index (κ2) is 8.36. The number of hydrogen-bond donors (Lipinski definition) is 2. The standard InChI is InChI=1S/C22H23N3O2/c1-4-27-21-8-6-5-7-19(21)25-22(26)20-14-17(11-12-23-20)24-18-10-9-15(2)13-16(18)3/h5-14H,4H2,1-3H3,(H,23,24)(H,25,26). The minimum absolute atomic E-state index is 0.286. The van der Waals surface area contributed by atoms with E-state index < -0.39 is 0 Å². The smallest absolute Gasteiger partial charge is 0.274 e. The SMILES string of the molecule is CCOc1ccccc1NC(=O)c1cc(Nc2ccc(C)cc2C)ccn1. The molecule has 1 aromatic heterocycles. The van der Waals surface area contributed by atoms with Gasteiger partial charge in [-0.05, 0) is 56.7 Å². The summed E-state index contributed by atoms with van der Waals surface area (Å²) in [6.45, 7) is 6.55. The van der Waals surface area contributed by atoms with E-state index in [4.69, 9.17) is 4.74 Å². The number of nitrogens with one attached hydrogen (secondary N) is 2. The summed E-state index contributed by atoms with van der Waals surface area (Å²) in [6.07, 6.45) is 1.62. The lowest BCUT2D eigenvalue weighted by atomic mass is 10.1. The van der Waals surface area contributed by atoms with Gasteiger partial charge >= 0.3 is 0 Å². The average Bonchev–Trinajstić information content (AvgIpc) is 2.66. The molecule has 5 heteroatoms. The van der Waals surface area contributed by atoms with Crippen LogP contribution in [-0.2, 0) is 0 Å². The van der Waals surface area contributed by atoms with Crippen LogP contribution in [0.1, 0.15) is 28.5 Å². The fourth-order valence-corrected chi connectivity index (χ4v) is 2.78. The van der Waals surface area contributed by atoms with Gasteiger partial charge in [0.05, 0.1) is 12.3 Å². The van der Waals surface area contributed by atoms with Crippen molar-refractivity contribution in [1.29, 1.82) is 0 Å². The van der Waals surface area contributed by atoms with Crippen molar-refractivity contribution >= 4 is 23.0 Å². The van der Waals surface area contributed by atoms with Crippen molar-refractivity contribution in [2.45, 2.75) is 20.8 Å². The third-order valence-corrected chi connectivity index (χ3v) is 4.09. The predicted octanol–water partition coefficient (Wildman–Crippen LogP) is 5.09. The monoisotopic (exact) mass is 361 g/mol. The number of benzene rings is 2. The van der Waals surface area contributed by atoms with Gasteiger partial charge in [-0.2, -0.15) is 0 Å². The van der Waals surface area contributed by atoms with Crippen molar-refractivity contribution in [3.63, 3.8) is 0 Å². The van der Waals surface area contributed by atoms with Crippen molar-refractivity contribution < 1.29 is 9.53 Å². The molecule has 0 saturated carbocycles.